The van der Waals surface area contributed by atoms with E-state index in [0.717, 1.165) is 22.5 Å². The normalized spacial score (nSPS) is 10.2. The molecular weight excluding hydrogens is 242 g/mol. The van der Waals surface area contributed by atoms with Crippen LogP contribution >= 0.6 is 0 Å². The Balaban J connectivity index is 2.11. The smallest absolute Gasteiger partial charge is 0.271 e. The van der Waals surface area contributed by atoms with E-state index in [-0.39, 0.29) is 10.6 Å². The minimum atomic E-state index is -0.383. The van der Waals surface area contributed by atoms with Gasteiger partial charge in [-0.15, -0.1) is 0 Å². The number of rotatable bonds is 4. The number of non-ortho nitro benzene ring substituents is 1. The number of hydrogen-bond acceptors (Lipinski definition) is 4. The van der Waals surface area contributed by atoms with E-state index in [0.29, 0.717) is 6.54 Å². The van der Waals surface area contributed by atoms with Gasteiger partial charge in [-0.25, -0.2) is 0 Å². The number of nitro groups is 1. The number of nitrogens with zero attached hydrogens (tertiary/aromatic N) is 2. The van der Waals surface area contributed by atoms with E-state index >= 15 is 0 Å². The van der Waals surface area contributed by atoms with Gasteiger partial charge in [-0.2, -0.15) is 0 Å². The van der Waals surface area contributed by atoms with Gasteiger partial charge in [-0.1, -0.05) is 6.07 Å². The Kier molecular flexibility index (Phi) is 3.75. The summed E-state index contributed by atoms with van der Waals surface area (Å²) >= 11 is 0. The van der Waals surface area contributed by atoms with Crippen LogP contribution in [0.3, 0.4) is 0 Å². The summed E-state index contributed by atoms with van der Waals surface area (Å²) in [5, 5.41) is 14.0. The summed E-state index contributed by atoms with van der Waals surface area (Å²) in [5.74, 6) is 0. The van der Waals surface area contributed by atoms with Gasteiger partial charge >= 0.3 is 0 Å². The minimum Gasteiger partial charge on any atom is -0.381 e. The molecule has 5 heteroatoms. The van der Waals surface area contributed by atoms with Crippen LogP contribution in [0.5, 0.6) is 0 Å². The highest BCUT2D eigenvalue weighted by Gasteiger charge is 2.07. The lowest BCUT2D eigenvalue weighted by Gasteiger charge is -2.07. The van der Waals surface area contributed by atoms with E-state index in [2.05, 4.69) is 10.3 Å². The third-order valence-corrected chi connectivity index (χ3v) is 2.74. The summed E-state index contributed by atoms with van der Waals surface area (Å²) in [6.07, 6.45) is 1.80. The Labute approximate surface area is 111 Å². The largest absolute Gasteiger partial charge is 0.381 e. The molecule has 0 saturated carbocycles. The molecule has 0 aliphatic carbocycles. The molecule has 0 amide bonds. The lowest BCUT2D eigenvalue weighted by atomic mass is 10.2. The van der Waals surface area contributed by atoms with Crippen molar-refractivity contribution in [3.63, 3.8) is 0 Å². The molecule has 0 fully saturated rings. The van der Waals surface area contributed by atoms with Crippen LogP contribution in [0.25, 0.3) is 0 Å². The van der Waals surface area contributed by atoms with Crippen molar-refractivity contribution >= 4 is 11.4 Å². The van der Waals surface area contributed by atoms with Crippen molar-refractivity contribution in [3.8, 4) is 0 Å². The van der Waals surface area contributed by atoms with Crippen LogP contribution in [0.1, 0.15) is 16.8 Å². The molecule has 1 aromatic carbocycles. The van der Waals surface area contributed by atoms with Gasteiger partial charge < -0.3 is 5.32 Å². The summed E-state index contributed by atoms with van der Waals surface area (Å²) in [7, 11) is 0. The van der Waals surface area contributed by atoms with Gasteiger partial charge in [0.05, 0.1) is 4.92 Å². The lowest BCUT2D eigenvalue weighted by molar-refractivity contribution is -0.384. The number of aryl methyl sites for hydroxylation is 2. The molecule has 5 nitrogen and oxygen atoms in total. The number of nitro benzene ring substituents is 1. The second kappa shape index (κ2) is 5.48. The molecular formula is C14H15N3O2. The Morgan fingerprint density at radius 2 is 2.05 bits per heavy atom. The maximum absolute atomic E-state index is 10.8. The Hall–Kier alpha value is -2.43. The zero-order chi connectivity index (χ0) is 13.8. The van der Waals surface area contributed by atoms with Gasteiger partial charge in [0.15, 0.2) is 0 Å². The number of pyridine rings is 1. The second-order valence-electron chi connectivity index (χ2n) is 4.48. The summed E-state index contributed by atoms with van der Waals surface area (Å²) in [6, 6.07) is 8.90. The molecule has 0 atom stereocenters. The molecule has 0 aliphatic rings. The van der Waals surface area contributed by atoms with E-state index in [1.165, 1.54) is 6.07 Å². The quantitative estimate of drug-likeness (QED) is 0.674. The monoisotopic (exact) mass is 257 g/mol. The average Bonchev–Trinajstić information content (AvgIpc) is 2.37. The maximum atomic E-state index is 10.8. The standard InChI is InChI=1S/C14H15N3O2/c1-10-5-13(7-14(6-10)17(18)19)16-9-12-4-3-11(2)15-8-12/h3-8,16H,9H2,1-2H3. The predicted molar refractivity (Wildman–Crippen MR) is 74.1 cm³/mol. The summed E-state index contributed by atoms with van der Waals surface area (Å²) < 4.78 is 0. The topological polar surface area (TPSA) is 68.1 Å². The third kappa shape index (κ3) is 3.51. The fourth-order valence-corrected chi connectivity index (χ4v) is 1.78. The van der Waals surface area contributed by atoms with Crippen LogP contribution in [-0.4, -0.2) is 9.91 Å². The fourth-order valence-electron chi connectivity index (χ4n) is 1.78. The van der Waals surface area contributed by atoms with E-state index < -0.39 is 0 Å². The number of benzene rings is 1. The molecule has 2 aromatic rings. The van der Waals surface area contributed by atoms with E-state index in [4.69, 9.17) is 0 Å². The van der Waals surface area contributed by atoms with Gasteiger partial charge in [0, 0.05) is 36.3 Å². The lowest BCUT2D eigenvalue weighted by Crippen LogP contribution is -2.01. The first-order valence-corrected chi connectivity index (χ1v) is 5.96. The maximum Gasteiger partial charge on any atom is 0.271 e. The molecule has 0 bridgehead atoms. The van der Waals surface area contributed by atoms with Gasteiger partial charge in [-0.05, 0) is 37.1 Å². The summed E-state index contributed by atoms with van der Waals surface area (Å²) in [5.41, 5.74) is 3.71. The predicted octanol–water partition coefficient (Wildman–Crippen LogP) is 3.22. The second-order valence-corrected chi connectivity index (χ2v) is 4.48. The molecule has 0 radical (unpaired) electrons. The van der Waals surface area contributed by atoms with Crippen LogP contribution in [0, 0.1) is 24.0 Å². The molecule has 0 unspecified atom stereocenters. The molecule has 0 saturated heterocycles. The molecule has 98 valence electrons. The highest BCUT2D eigenvalue weighted by Crippen LogP contribution is 2.20. The van der Waals surface area contributed by atoms with Crippen LogP contribution < -0.4 is 5.32 Å². The Morgan fingerprint density at radius 3 is 2.68 bits per heavy atom. The van der Waals surface area contributed by atoms with Crippen LogP contribution in [-0.2, 0) is 6.54 Å². The van der Waals surface area contributed by atoms with Crippen molar-refractivity contribution in [1.29, 1.82) is 0 Å². The van der Waals surface area contributed by atoms with Gasteiger partial charge in [-0.3, -0.25) is 15.1 Å². The van der Waals surface area contributed by atoms with E-state index in [9.17, 15) is 10.1 Å². The van der Waals surface area contributed by atoms with Gasteiger partial charge in [0.1, 0.15) is 0 Å². The molecule has 2 rings (SSSR count). The van der Waals surface area contributed by atoms with E-state index in [1.54, 1.807) is 12.3 Å². The Morgan fingerprint density at radius 1 is 1.26 bits per heavy atom. The molecule has 0 aliphatic heterocycles. The van der Waals surface area contributed by atoms with Crippen molar-refractivity contribution in [2.24, 2.45) is 0 Å². The fraction of sp³-hybridized carbons (Fsp3) is 0.214. The molecule has 1 heterocycles. The highest BCUT2D eigenvalue weighted by atomic mass is 16.6. The summed E-state index contributed by atoms with van der Waals surface area (Å²) in [4.78, 5) is 14.6. The van der Waals surface area contributed by atoms with Crippen LogP contribution in [0.4, 0.5) is 11.4 Å². The third-order valence-electron chi connectivity index (χ3n) is 2.74. The van der Waals surface area contributed by atoms with Crippen molar-refractivity contribution in [3.05, 3.63) is 63.5 Å². The molecule has 19 heavy (non-hydrogen) atoms. The summed E-state index contributed by atoms with van der Waals surface area (Å²) in [6.45, 7) is 4.36. The Bertz CT molecular complexity index is 594. The molecule has 0 spiro atoms. The first-order chi connectivity index (χ1) is 9.04. The number of anilines is 1. The number of hydrogen-bond donors (Lipinski definition) is 1. The highest BCUT2D eigenvalue weighted by molar-refractivity contribution is 5.53. The minimum absolute atomic E-state index is 0.101. The molecule has 1 N–H and O–H groups in total. The molecule has 1 aromatic heterocycles. The first-order valence-electron chi connectivity index (χ1n) is 5.96. The van der Waals surface area contributed by atoms with Crippen molar-refractivity contribution < 1.29 is 4.92 Å². The van der Waals surface area contributed by atoms with Crippen molar-refractivity contribution in [2.75, 3.05) is 5.32 Å². The average molecular weight is 257 g/mol. The van der Waals surface area contributed by atoms with Crippen molar-refractivity contribution in [2.45, 2.75) is 20.4 Å². The van der Waals surface area contributed by atoms with E-state index in [1.807, 2.05) is 32.0 Å². The number of aromatic nitrogens is 1. The first kappa shape index (κ1) is 13.0. The zero-order valence-electron chi connectivity index (χ0n) is 10.9. The van der Waals surface area contributed by atoms with Gasteiger partial charge in [0.2, 0.25) is 0 Å². The zero-order valence-corrected chi connectivity index (χ0v) is 10.9. The van der Waals surface area contributed by atoms with Gasteiger partial charge in [0.25, 0.3) is 5.69 Å². The number of nitrogens with one attached hydrogen (secondary N) is 1. The van der Waals surface area contributed by atoms with Crippen molar-refractivity contribution in [1.82, 2.24) is 4.98 Å². The van der Waals surface area contributed by atoms with Crippen LogP contribution in [0.15, 0.2) is 36.5 Å². The van der Waals surface area contributed by atoms with Crippen LogP contribution in [0.2, 0.25) is 0 Å². The SMILES string of the molecule is Cc1cc(NCc2ccc(C)nc2)cc([N+](=O)[O-])c1.